The minimum absolute atomic E-state index is 0.215. The van der Waals surface area contributed by atoms with Gasteiger partial charge in [-0.15, -0.1) is 0 Å². The van der Waals surface area contributed by atoms with Gasteiger partial charge in [-0.05, 0) is 31.2 Å². The van der Waals surface area contributed by atoms with Gasteiger partial charge in [0.15, 0.2) is 0 Å². The largest absolute Gasteiger partial charge is 0.495 e. The highest BCUT2D eigenvalue weighted by atomic mass is 16.5. The zero-order chi connectivity index (χ0) is 18.8. The number of benzene rings is 2. The van der Waals surface area contributed by atoms with E-state index in [1.54, 1.807) is 7.11 Å². The fourth-order valence-corrected chi connectivity index (χ4v) is 3.92. The summed E-state index contributed by atoms with van der Waals surface area (Å²) in [4.78, 5) is 19.8. The lowest BCUT2D eigenvalue weighted by molar-refractivity contribution is -0.892. The molecule has 0 aliphatic carbocycles. The average Bonchev–Trinajstić information content (AvgIpc) is 3.11. The van der Waals surface area contributed by atoms with Crippen molar-refractivity contribution in [1.82, 2.24) is 4.98 Å². The van der Waals surface area contributed by atoms with Crippen LogP contribution < -0.4 is 14.5 Å². The van der Waals surface area contributed by atoms with E-state index in [0.717, 1.165) is 54.1 Å². The number of H-pyrrole nitrogens is 1. The van der Waals surface area contributed by atoms with Crippen molar-refractivity contribution in [3.8, 4) is 5.75 Å². The number of rotatable bonds is 5. The van der Waals surface area contributed by atoms with Crippen LogP contribution in [0.5, 0.6) is 5.75 Å². The summed E-state index contributed by atoms with van der Waals surface area (Å²) >= 11 is 0. The summed E-state index contributed by atoms with van der Waals surface area (Å²) in [6.07, 6.45) is 1.86. The molecule has 5 heteroatoms. The lowest BCUT2D eigenvalue weighted by Gasteiger charge is -2.34. The Balaban J connectivity index is 1.41. The van der Waals surface area contributed by atoms with E-state index in [9.17, 15) is 4.79 Å². The van der Waals surface area contributed by atoms with E-state index in [4.69, 9.17) is 4.74 Å². The summed E-state index contributed by atoms with van der Waals surface area (Å²) in [5.74, 6) is 1.12. The molecule has 0 bridgehead atoms. The van der Waals surface area contributed by atoms with Gasteiger partial charge in [0.05, 0.1) is 39.0 Å². The Morgan fingerprint density at radius 3 is 2.74 bits per heavy atom. The van der Waals surface area contributed by atoms with Crippen molar-refractivity contribution in [3.05, 3.63) is 59.8 Å². The summed E-state index contributed by atoms with van der Waals surface area (Å²) in [7, 11) is 1.71. The number of aryl methyl sites for hydroxylation is 1. The molecule has 0 spiro atoms. The number of para-hydroxylation sites is 2. The number of nitrogens with zero attached hydrogens (tertiary/aromatic N) is 1. The van der Waals surface area contributed by atoms with Crippen LogP contribution in [-0.2, 0) is 0 Å². The maximum Gasteiger partial charge on any atom is 0.219 e. The highest BCUT2D eigenvalue weighted by Gasteiger charge is 2.25. The number of anilines is 1. The van der Waals surface area contributed by atoms with Gasteiger partial charge >= 0.3 is 0 Å². The molecule has 2 heterocycles. The molecule has 140 valence electrons. The number of hydrogen-bond donors (Lipinski definition) is 2. The van der Waals surface area contributed by atoms with Crippen LogP contribution in [0.1, 0.15) is 15.9 Å². The zero-order valence-corrected chi connectivity index (χ0v) is 15.9. The van der Waals surface area contributed by atoms with Crippen molar-refractivity contribution >= 4 is 22.4 Å². The van der Waals surface area contributed by atoms with Crippen molar-refractivity contribution < 1.29 is 14.4 Å². The van der Waals surface area contributed by atoms with Gasteiger partial charge in [-0.25, -0.2) is 0 Å². The van der Waals surface area contributed by atoms with Crippen LogP contribution >= 0.6 is 0 Å². The molecule has 2 N–H and O–H groups in total. The Bertz CT molecular complexity index is 955. The Morgan fingerprint density at radius 1 is 1.19 bits per heavy atom. The van der Waals surface area contributed by atoms with E-state index in [2.05, 4.69) is 35.0 Å². The second-order valence-corrected chi connectivity index (χ2v) is 7.26. The standard InChI is InChI=1S/C22H25N3O2/c1-16-7-8-19-17(13-16)18(14-23-19)21(26)15-24-9-11-25(12-10-24)20-5-3-4-6-22(20)27-2/h3-8,13-14,23H,9-12,15H2,1-2H3/p+1. The van der Waals surface area contributed by atoms with Crippen LogP contribution in [0.15, 0.2) is 48.7 Å². The molecule has 2 aromatic carbocycles. The quantitative estimate of drug-likeness (QED) is 0.682. The maximum atomic E-state index is 12.9. The minimum Gasteiger partial charge on any atom is -0.495 e. The Morgan fingerprint density at radius 2 is 1.96 bits per heavy atom. The SMILES string of the molecule is COc1ccccc1N1CC[NH+](CC(=O)c2c[nH]c3ccc(C)cc23)CC1. The number of aromatic amines is 1. The summed E-state index contributed by atoms with van der Waals surface area (Å²) in [6.45, 7) is 6.35. The minimum atomic E-state index is 0.215. The first kappa shape index (κ1) is 17.6. The fourth-order valence-electron chi connectivity index (χ4n) is 3.92. The Labute approximate surface area is 159 Å². The predicted molar refractivity (Wildman–Crippen MR) is 108 cm³/mol. The number of hydrogen-bond acceptors (Lipinski definition) is 3. The van der Waals surface area contributed by atoms with Crippen LogP contribution in [0.4, 0.5) is 5.69 Å². The number of carbonyl (C=O) groups excluding carboxylic acids is 1. The van der Waals surface area contributed by atoms with Gasteiger partial charge in [-0.1, -0.05) is 23.8 Å². The van der Waals surface area contributed by atoms with Crippen LogP contribution in [0.25, 0.3) is 10.9 Å². The zero-order valence-electron chi connectivity index (χ0n) is 15.9. The topological polar surface area (TPSA) is 49.8 Å². The number of quaternary nitrogens is 1. The van der Waals surface area contributed by atoms with Crippen LogP contribution in [0.3, 0.4) is 0 Å². The molecule has 0 saturated carbocycles. The third-order valence-electron chi connectivity index (χ3n) is 5.44. The van der Waals surface area contributed by atoms with E-state index in [-0.39, 0.29) is 5.78 Å². The number of ether oxygens (including phenoxy) is 1. The van der Waals surface area contributed by atoms with Crippen molar-refractivity contribution in [1.29, 1.82) is 0 Å². The molecule has 0 amide bonds. The summed E-state index contributed by atoms with van der Waals surface area (Å²) in [5, 5.41) is 1.03. The second-order valence-electron chi connectivity index (χ2n) is 7.26. The molecule has 0 radical (unpaired) electrons. The number of methoxy groups -OCH3 is 1. The van der Waals surface area contributed by atoms with Crippen LogP contribution in [-0.4, -0.2) is 50.6 Å². The molecule has 0 unspecified atom stereocenters. The predicted octanol–water partition coefficient (Wildman–Crippen LogP) is 2.07. The van der Waals surface area contributed by atoms with Crippen LogP contribution in [0, 0.1) is 6.92 Å². The summed E-state index contributed by atoms with van der Waals surface area (Å²) in [5.41, 5.74) is 4.15. The average molecular weight is 364 g/mol. The first-order chi connectivity index (χ1) is 13.2. The van der Waals surface area contributed by atoms with E-state index in [0.29, 0.717) is 6.54 Å². The van der Waals surface area contributed by atoms with Crippen LogP contribution in [0.2, 0.25) is 0 Å². The van der Waals surface area contributed by atoms with Crippen molar-refractivity contribution in [2.24, 2.45) is 0 Å². The molecule has 3 aromatic rings. The smallest absolute Gasteiger partial charge is 0.219 e. The molecule has 1 fully saturated rings. The summed E-state index contributed by atoms with van der Waals surface area (Å²) in [6, 6.07) is 14.3. The van der Waals surface area contributed by atoms with Gasteiger partial charge in [0.1, 0.15) is 12.3 Å². The van der Waals surface area contributed by atoms with E-state index < -0.39 is 0 Å². The Kier molecular flexibility index (Phi) is 4.86. The van der Waals surface area contributed by atoms with Crippen molar-refractivity contribution in [2.75, 3.05) is 44.7 Å². The number of aromatic nitrogens is 1. The molecule has 0 atom stereocenters. The van der Waals surface area contributed by atoms with Gasteiger partial charge in [0.2, 0.25) is 5.78 Å². The molecule has 1 aliphatic rings. The number of nitrogens with one attached hydrogen (secondary N) is 2. The van der Waals surface area contributed by atoms with E-state index in [1.807, 2.05) is 30.5 Å². The maximum absolute atomic E-state index is 12.9. The van der Waals surface area contributed by atoms with Gasteiger partial charge < -0.3 is 19.5 Å². The van der Waals surface area contributed by atoms with Crippen molar-refractivity contribution in [2.45, 2.75) is 6.92 Å². The van der Waals surface area contributed by atoms with E-state index in [1.165, 1.54) is 10.5 Å². The lowest BCUT2D eigenvalue weighted by atomic mass is 10.1. The normalized spacial score (nSPS) is 15.3. The number of ketones is 1. The molecule has 1 saturated heterocycles. The number of carbonyl (C=O) groups is 1. The molecule has 4 rings (SSSR count). The number of Topliss-reactive ketones (excluding diaryl/α,β-unsaturated/α-hetero) is 1. The first-order valence-corrected chi connectivity index (χ1v) is 9.48. The van der Waals surface area contributed by atoms with E-state index >= 15 is 0 Å². The highest BCUT2D eigenvalue weighted by Crippen LogP contribution is 2.27. The van der Waals surface area contributed by atoms with Gasteiger partial charge in [-0.3, -0.25) is 4.79 Å². The van der Waals surface area contributed by atoms with Gasteiger partial charge in [0, 0.05) is 22.7 Å². The molecule has 27 heavy (non-hydrogen) atoms. The summed E-state index contributed by atoms with van der Waals surface area (Å²) < 4.78 is 5.48. The molecule has 1 aromatic heterocycles. The van der Waals surface area contributed by atoms with Gasteiger partial charge in [0.25, 0.3) is 0 Å². The Hall–Kier alpha value is -2.79. The fraction of sp³-hybridized carbons (Fsp3) is 0.318. The molecule has 5 nitrogen and oxygen atoms in total. The monoisotopic (exact) mass is 364 g/mol. The lowest BCUT2D eigenvalue weighted by Crippen LogP contribution is -3.15. The number of piperazine rings is 1. The molecular formula is C22H26N3O2+. The van der Waals surface area contributed by atoms with Crippen molar-refractivity contribution in [3.63, 3.8) is 0 Å². The molecular weight excluding hydrogens is 338 g/mol. The first-order valence-electron chi connectivity index (χ1n) is 9.48. The molecule has 1 aliphatic heterocycles. The third-order valence-corrected chi connectivity index (χ3v) is 5.44. The highest BCUT2D eigenvalue weighted by molar-refractivity contribution is 6.08. The second kappa shape index (κ2) is 7.45. The third kappa shape index (κ3) is 3.55. The van der Waals surface area contributed by atoms with Gasteiger partial charge in [-0.2, -0.15) is 0 Å². The number of fused-ring (bicyclic) bond motifs is 1.